The molecule has 0 radical (unpaired) electrons. The van der Waals surface area contributed by atoms with E-state index < -0.39 is 0 Å². The van der Waals surface area contributed by atoms with Crippen LogP contribution in [-0.2, 0) is 9.47 Å². The summed E-state index contributed by atoms with van der Waals surface area (Å²) in [6, 6.07) is 5.22. The minimum atomic E-state index is -0.273. The van der Waals surface area contributed by atoms with E-state index in [0.717, 1.165) is 31.2 Å². The molecule has 0 saturated heterocycles. The van der Waals surface area contributed by atoms with Gasteiger partial charge in [0.15, 0.2) is 0 Å². The number of hydrogen-bond donors (Lipinski definition) is 1. The zero-order chi connectivity index (χ0) is 13.8. The second-order valence-corrected chi connectivity index (χ2v) is 5.12. The molecule has 1 saturated carbocycles. The average Bonchev–Trinajstić information content (AvgIpc) is 2.42. The summed E-state index contributed by atoms with van der Waals surface area (Å²) in [5, 5.41) is 0. The van der Waals surface area contributed by atoms with Gasteiger partial charge in [-0.3, -0.25) is 0 Å². The van der Waals surface area contributed by atoms with Crippen molar-refractivity contribution in [2.75, 3.05) is 12.8 Å². The molecule has 1 aromatic carbocycles. The van der Waals surface area contributed by atoms with Gasteiger partial charge in [0.2, 0.25) is 0 Å². The lowest BCUT2D eigenvalue weighted by Gasteiger charge is -2.27. The molecule has 4 heteroatoms. The topological polar surface area (TPSA) is 61.5 Å². The number of aryl methyl sites for hydroxylation is 1. The van der Waals surface area contributed by atoms with Crippen LogP contribution in [0.5, 0.6) is 0 Å². The molecule has 2 N–H and O–H groups in total. The maximum Gasteiger partial charge on any atom is 0.338 e. The fourth-order valence-electron chi connectivity index (χ4n) is 2.45. The van der Waals surface area contributed by atoms with Crippen LogP contribution >= 0.6 is 0 Å². The van der Waals surface area contributed by atoms with Crippen LogP contribution in [0.4, 0.5) is 5.69 Å². The summed E-state index contributed by atoms with van der Waals surface area (Å²) >= 11 is 0. The molecular weight excluding hydrogens is 242 g/mol. The largest absolute Gasteiger partial charge is 0.459 e. The monoisotopic (exact) mass is 263 g/mol. The number of nitrogens with two attached hydrogens (primary N) is 1. The van der Waals surface area contributed by atoms with Gasteiger partial charge in [0.25, 0.3) is 0 Å². The van der Waals surface area contributed by atoms with E-state index in [2.05, 4.69) is 0 Å². The molecule has 0 heterocycles. The van der Waals surface area contributed by atoms with E-state index in [1.54, 1.807) is 25.3 Å². The lowest BCUT2D eigenvalue weighted by molar-refractivity contribution is -0.0149. The Morgan fingerprint density at radius 1 is 1.32 bits per heavy atom. The van der Waals surface area contributed by atoms with Crippen LogP contribution in [0.1, 0.15) is 41.6 Å². The molecule has 19 heavy (non-hydrogen) atoms. The van der Waals surface area contributed by atoms with Gasteiger partial charge in [-0.1, -0.05) is 0 Å². The van der Waals surface area contributed by atoms with Gasteiger partial charge >= 0.3 is 5.97 Å². The number of ether oxygens (including phenoxy) is 2. The molecule has 0 bridgehead atoms. The van der Waals surface area contributed by atoms with Crippen molar-refractivity contribution in [2.45, 2.75) is 44.8 Å². The van der Waals surface area contributed by atoms with Crippen molar-refractivity contribution in [1.82, 2.24) is 0 Å². The van der Waals surface area contributed by atoms with Crippen molar-refractivity contribution in [3.05, 3.63) is 29.3 Å². The van der Waals surface area contributed by atoms with Gasteiger partial charge < -0.3 is 15.2 Å². The van der Waals surface area contributed by atoms with E-state index in [0.29, 0.717) is 11.3 Å². The summed E-state index contributed by atoms with van der Waals surface area (Å²) < 4.78 is 10.9. The molecule has 2 rings (SSSR count). The van der Waals surface area contributed by atoms with Crippen molar-refractivity contribution in [1.29, 1.82) is 0 Å². The Balaban J connectivity index is 1.98. The summed E-state index contributed by atoms with van der Waals surface area (Å²) in [5.74, 6) is -0.273. The summed E-state index contributed by atoms with van der Waals surface area (Å²) in [6.07, 6.45) is 3.96. The van der Waals surface area contributed by atoms with Crippen LogP contribution in [0.25, 0.3) is 0 Å². The van der Waals surface area contributed by atoms with E-state index in [9.17, 15) is 4.79 Å². The maximum absolute atomic E-state index is 12.1. The van der Waals surface area contributed by atoms with Crippen molar-refractivity contribution in [3.8, 4) is 0 Å². The number of benzene rings is 1. The van der Waals surface area contributed by atoms with Crippen LogP contribution < -0.4 is 5.73 Å². The third-order valence-corrected chi connectivity index (χ3v) is 3.69. The van der Waals surface area contributed by atoms with Gasteiger partial charge in [-0.2, -0.15) is 0 Å². The Labute approximate surface area is 113 Å². The van der Waals surface area contributed by atoms with Crippen molar-refractivity contribution >= 4 is 11.7 Å². The van der Waals surface area contributed by atoms with E-state index in [-0.39, 0.29) is 18.2 Å². The number of anilines is 1. The lowest BCUT2D eigenvalue weighted by Crippen LogP contribution is -2.29. The molecule has 0 amide bonds. The van der Waals surface area contributed by atoms with Gasteiger partial charge in [0.05, 0.1) is 11.7 Å². The number of rotatable bonds is 3. The number of esters is 1. The highest BCUT2D eigenvalue weighted by atomic mass is 16.5. The second kappa shape index (κ2) is 6.06. The first kappa shape index (κ1) is 13.9. The van der Waals surface area contributed by atoms with Gasteiger partial charge in [0, 0.05) is 19.2 Å². The van der Waals surface area contributed by atoms with Gasteiger partial charge in [0.1, 0.15) is 6.10 Å². The van der Waals surface area contributed by atoms with Gasteiger partial charge in [-0.15, -0.1) is 0 Å². The number of carbonyl (C=O) groups excluding carboxylic acids is 1. The third kappa shape index (κ3) is 3.47. The first-order valence-electron chi connectivity index (χ1n) is 6.70. The van der Waals surface area contributed by atoms with Crippen molar-refractivity contribution < 1.29 is 14.3 Å². The minimum absolute atomic E-state index is 0.0379. The quantitative estimate of drug-likeness (QED) is 0.672. The smallest absolute Gasteiger partial charge is 0.338 e. The molecule has 0 aliphatic heterocycles. The zero-order valence-electron chi connectivity index (χ0n) is 11.5. The van der Waals surface area contributed by atoms with E-state index >= 15 is 0 Å². The predicted molar refractivity (Wildman–Crippen MR) is 74.1 cm³/mol. The molecule has 104 valence electrons. The molecule has 2 atom stereocenters. The summed E-state index contributed by atoms with van der Waals surface area (Å²) in [4.78, 5) is 12.1. The zero-order valence-corrected chi connectivity index (χ0v) is 11.5. The Kier molecular flexibility index (Phi) is 4.43. The van der Waals surface area contributed by atoms with Crippen LogP contribution in [0, 0.1) is 6.92 Å². The Hall–Kier alpha value is -1.55. The molecule has 2 unspecified atom stereocenters. The summed E-state index contributed by atoms with van der Waals surface area (Å²) in [6.45, 7) is 1.88. The maximum atomic E-state index is 12.1. The number of nitrogen functional groups attached to an aromatic ring is 1. The van der Waals surface area contributed by atoms with Crippen LogP contribution in [0.2, 0.25) is 0 Å². The molecule has 0 aromatic heterocycles. The van der Waals surface area contributed by atoms with Gasteiger partial charge in [-0.25, -0.2) is 4.79 Å². The highest BCUT2D eigenvalue weighted by molar-refractivity contribution is 5.90. The number of methoxy groups -OCH3 is 1. The Morgan fingerprint density at radius 2 is 2.05 bits per heavy atom. The lowest BCUT2D eigenvalue weighted by atomic mass is 9.95. The molecule has 1 aliphatic rings. The standard InChI is InChI=1S/C15H21NO3/c1-10-8-11(6-7-14(10)16)15(17)19-13-5-3-4-12(9-13)18-2/h6-8,12-13H,3-5,9,16H2,1-2H3. The Morgan fingerprint density at radius 3 is 2.74 bits per heavy atom. The molecular formula is C15H21NO3. The molecule has 4 nitrogen and oxygen atoms in total. The van der Waals surface area contributed by atoms with Gasteiger partial charge in [-0.05, 0) is 49.9 Å². The number of carbonyl (C=O) groups is 1. The van der Waals surface area contributed by atoms with Crippen LogP contribution in [0.3, 0.4) is 0 Å². The molecule has 1 fully saturated rings. The van der Waals surface area contributed by atoms with E-state index in [1.165, 1.54) is 0 Å². The molecule has 1 aromatic rings. The average molecular weight is 263 g/mol. The van der Waals surface area contributed by atoms with E-state index in [1.807, 2.05) is 6.92 Å². The number of hydrogen-bond acceptors (Lipinski definition) is 4. The van der Waals surface area contributed by atoms with E-state index in [4.69, 9.17) is 15.2 Å². The molecule has 1 aliphatic carbocycles. The minimum Gasteiger partial charge on any atom is -0.459 e. The highest BCUT2D eigenvalue weighted by Crippen LogP contribution is 2.24. The highest BCUT2D eigenvalue weighted by Gasteiger charge is 2.25. The fourth-order valence-corrected chi connectivity index (χ4v) is 2.45. The summed E-state index contributed by atoms with van der Waals surface area (Å²) in [7, 11) is 1.71. The first-order valence-corrected chi connectivity index (χ1v) is 6.70. The molecule has 0 spiro atoms. The first-order chi connectivity index (χ1) is 9.10. The SMILES string of the molecule is COC1CCCC(OC(=O)c2ccc(N)c(C)c2)C1. The fraction of sp³-hybridized carbons (Fsp3) is 0.533. The van der Waals surface area contributed by atoms with Crippen molar-refractivity contribution in [2.24, 2.45) is 0 Å². The van der Waals surface area contributed by atoms with Crippen LogP contribution in [0.15, 0.2) is 18.2 Å². The normalized spacial score (nSPS) is 23.1. The third-order valence-electron chi connectivity index (χ3n) is 3.69. The van der Waals surface area contributed by atoms with Crippen molar-refractivity contribution in [3.63, 3.8) is 0 Å². The Bertz CT molecular complexity index is 459. The predicted octanol–water partition coefficient (Wildman–Crippen LogP) is 2.69. The van der Waals surface area contributed by atoms with Crippen LogP contribution in [-0.4, -0.2) is 25.3 Å². The second-order valence-electron chi connectivity index (χ2n) is 5.12. The summed E-state index contributed by atoms with van der Waals surface area (Å²) in [5.41, 5.74) is 7.89.